The van der Waals surface area contributed by atoms with Crippen LogP contribution in [0.3, 0.4) is 0 Å². The van der Waals surface area contributed by atoms with Gasteiger partial charge in [0, 0.05) is 18.0 Å². The van der Waals surface area contributed by atoms with Gasteiger partial charge in [0.25, 0.3) is 0 Å². The number of aromatic nitrogens is 1. The average molecular weight is 215 g/mol. The van der Waals surface area contributed by atoms with E-state index >= 15 is 0 Å². The monoisotopic (exact) mass is 215 g/mol. The van der Waals surface area contributed by atoms with Crippen molar-refractivity contribution in [1.82, 2.24) is 4.98 Å². The van der Waals surface area contributed by atoms with E-state index in [0.717, 1.165) is 5.56 Å². The minimum atomic E-state index is -1.02. The maximum Gasteiger partial charge on any atom is 0.335 e. The van der Waals surface area contributed by atoms with Crippen LogP contribution in [-0.2, 0) is 0 Å². The topological polar surface area (TPSA) is 70.4 Å². The summed E-state index contributed by atoms with van der Waals surface area (Å²) < 4.78 is 0. The molecule has 1 heterocycles. The summed E-state index contributed by atoms with van der Waals surface area (Å²) in [7, 11) is 0. The fourth-order valence-corrected chi connectivity index (χ4v) is 1.43. The highest BCUT2D eigenvalue weighted by atomic mass is 16.4. The molecule has 0 saturated heterocycles. The van der Waals surface area contributed by atoms with E-state index in [-0.39, 0.29) is 11.3 Å². The average Bonchev–Trinajstić information content (AvgIpc) is 2.30. The molecule has 0 amide bonds. The highest BCUT2D eigenvalue weighted by molar-refractivity contribution is 5.90. The first-order chi connectivity index (χ1) is 7.68. The lowest BCUT2D eigenvalue weighted by Crippen LogP contribution is -1.96. The van der Waals surface area contributed by atoms with Gasteiger partial charge >= 0.3 is 5.97 Å². The summed E-state index contributed by atoms with van der Waals surface area (Å²) in [6.45, 7) is 0. The summed E-state index contributed by atoms with van der Waals surface area (Å²) in [5, 5.41) is 18.5. The third-order valence-corrected chi connectivity index (χ3v) is 2.23. The number of nitrogens with zero attached hydrogens (tertiary/aromatic N) is 1. The van der Waals surface area contributed by atoms with Crippen LogP contribution in [0.4, 0.5) is 0 Å². The van der Waals surface area contributed by atoms with Crippen LogP contribution >= 0.6 is 0 Å². The van der Waals surface area contributed by atoms with E-state index in [1.807, 2.05) is 0 Å². The van der Waals surface area contributed by atoms with Gasteiger partial charge in [0.2, 0.25) is 0 Å². The van der Waals surface area contributed by atoms with Crippen LogP contribution in [0, 0.1) is 0 Å². The van der Waals surface area contributed by atoms with E-state index in [1.165, 1.54) is 18.2 Å². The minimum absolute atomic E-state index is 0.0520. The predicted octanol–water partition coefficient (Wildman–Crippen LogP) is 2.15. The van der Waals surface area contributed by atoms with E-state index in [1.54, 1.807) is 24.5 Å². The highest BCUT2D eigenvalue weighted by Gasteiger charge is 2.09. The third kappa shape index (κ3) is 1.86. The number of rotatable bonds is 2. The number of benzene rings is 1. The molecule has 0 aliphatic rings. The van der Waals surface area contributed by atoms with Crippen LogP contribution in [0.5, 0.6) is 5.75 Å². The molecule has 2 rings (SSSR count). The van der Waals surface area contributed by atoms with Crippen LogP contribution in [-0.4, -0.2) is 21.2 Å². The van der Waals surface area contributed by atoms with Crippen molar-refractivity contribution >= 4 is 5.97 Å². The SMILES string of the molecule is O=C(O)c1ccc(O)c(-c2ccncc2)c1. The molecule has 0 atom stereocenters. The van der Waals surface area contributed by atoms with E-state index in [2.05, 4.69) is 4.98 Å². The fourth-order valence-electron chi connectivity index (χ4n) is 1.43. The molecular weight excluding hydrogens is 206 g/mol. The molecule has 0 aliphatic carbocycles. The van der Waals surface area contributed by atoms with E-state index in [4.69, 9.17) is 5.11 Å². The molecule has 4 nitrogen and oxygen atoms in total. The molecule has 0 spiro atoms. The molecule has 0 saturated carbocycles. The van der Waals surface area contributed by atoms with E-state index in [0.29, 0.717) is 5.56 Å². The van der Waals surface area contributed by atoms with Crippen molar-refractivity contribution in [1.29, 1.82) is 0 Å². The zero-order chi connectivity index (χ0) is 11.5. The van der Waals surface area contributed by atoms with Crippen molar-refractivity contribution in [3.63, 3.8) is 0 Å². The number of phenolic OH excluding ortho intramolecular Hbond substituents is 1. The Morgan fingerprint density at radius 2 is 1.81 bits per heavy atom. The van der Waals surface area contributed by atoms with Gasteiger partial charge in [-0.05, 0) is 35.9 Å². The summed E-state index contributed by atoms with van der Waals surface area (Å²) in [6, 6.07) is 7.59. The van der Waals surface area contributed by atoms with Gasteiger partial charge in [0.05, 0.1) is 5.56 Å². The van der Waals surface area contributed by atoms with Crippen molar-refractivity contribution in [3.8, 4) is 16.9 Å². The van der Waals surface area contributed by atoms with Gasteiger partial charge in [0.15, 0.2) is 0 Å². The lowest BCUT2D eigenvalue weighted by Gasteiger charge is -2.05. The van der Waals surface area contributed by atoms with Crippen LogP contribution in [0.25, 0.3) is 11.1 Å². The van der Waals surface area contributed by atoms with Crippen molar-refractivity contribution in [3.05, 3.63) is 48.3 Å². The zero-order valence-corrected chi connectivity index (χ0v) is 8.29. The van der Waals surface area contributed by atoms with Crippen molar-refractivity contribution in [2.75, 3.05) is 0 Å². The highest BCUT2D eigenvalue weighted by Crippen LogP contribution is 2.29. The maximum atomic E-state index is 10.8. The summed E-state index contributed by atoms with van der Waals surface area (Å²) in [5.74, 6) is -0.966. The number of aromatic carboxylic acids is 1. The van der Waals surface area contributed by atoms with Crippen molar-refractivity contribution in [2.45, 2.75) is 0 Å². The number of hydrogen-bond donors (Lipinski definition) is 2. The van der Waals surface area contributed by atoms with E-state index in [9.17, 15) is 9.90 Å². The summed E-state index contributed by atoms with van der Waals surface area (Å²) >= 11 is 0. The molecule has 2 N–H and O–H groups in total. The van der Waals surface area contributed by atoms with Crippen molar-refractivity contribution in [2.24, 2.45) is 0 Å². The summed E-state index contributed by atoms with van der Waals surface area (Å²) in [5.41, 5.74) is 1.36. The van der Waals surface area contributed by atoms with Crippen LogP contribution in [0.15, 0.2) is 42.7 Å². The molecule has 1 aromatic heterocycles. The minimum Gasteiger partial charge on any atom is -0.507 e. The Morgan fingerprint density at radius 1 is 1.12 bits per heavy atom. The molecule has 2 aromatic rings. The molecule has 80 valence electrons. The molecule has 16 heavy (non-hydrogen) atoms. The van der Waals surface area contributed by atoms with Gasteiger partial charge in [-0.1, -0.05) is 0 Å². The molecule has 0 bridgehead atoms. The first kappa shape index (κ1) is 10.2. The molecule has 0 fully saturated rings. The quantitative estimate of drug-likeness (QED) is 0.805. The number of hydrogen-bond acceptors (Lipinski definition) is 3. The molecular formula is C12H9NO3. The van der Waals surface area contributed by atoms with Gasteiger partial charge in [-0.25, -0.2) is 4.79 Å². The number of carboxylic acids is 1. The smallest absolute Gasteiger partial charge is 0.335 e. The van der Waals surface area contributed by atoms with Crippen LogP contribution in [0.1, 0.15) is 10.4 Å². The number of phenols is 1. The predicted molar refractivity (Wildman–Crippen MR) is 58.3 cm³/mol. The van der Waals surface area contributed by atoms with Gasteiger partial charge in [-0.3, -0.25) is 4.98 Å². The molecule has 0 radical (unpaired) electrons. The second kappa shape index (κ2) is 4.02. The Balaban J connectivity index is 2.56. The lowest BCUT2D eigenvalue weighted by molar-refractivity contribution is 0.0697. The first-order valence-corrected chi connectivity index (χ1v) is 4.65. The fraction of sp³-hybridized carbons (Fsp3) is 0. The first-order valence-electron chi connectivity index (χ1n) is 4.65. The van der Waals surface area contributed by atoms with Gasteiger partial charge in [-0.15, -0.1) is 0 Å². The largest absolute Gasteiger partial charge is 0.507 e. The van der Waals surface area contributed by atoms with Gasteiger partial charge in [0.1, 0.15) is 5.75 Å². The number of aromatic hydroxyl groups is 1. The molecule has 1 aromatic carbocycles. The standard InChI is InChI=1S/C12H9NO3/c14-11-2-1-9(12(15)16)7-10(11)8-3-5-13-6-4-8/h1-7,14H,(H,15,16). The van der Waals surface area contributed by atoms with Crippen LogP contribution < -0.4 is 0 Å². The zero-order valence-electron chi connectivity index (χ0n) is 8.29. The normalized spacial score (nSPS) is 10.0. The Labute approximate surface area is 91.8 Å². The molecule has 0 aliphatic heterocycles. The Kier molecular flexibility index (Phi) is 2.55. The third-order valence-electron chi connectivity index (χ3n) is 2.23. The Bertz CT molecular complexity index is 523. The molecule has 0 unspecified atom stereocenters. The van der Waals surface area contributed by atoms with Crippen molar-refractivity contribution < 1.29 is 15.0 Å². The maximum absolute atomic E-state index is 10.8. The summed E-state index contributed by atoms with van der Waals surface area (Å²) in [4.78, 5) is 14.7. The lowest BCUT2D eigenvalue weighted by atomic mass is 10.0. The molecule has 4 heteroatoms. The number of carboxylic acid groups (broad SMARTS) is 1. The van der Waals surface area contributed by atoms with Gasteiger partial charge < -0.3 is 10.2 Å². The van der Waals surface area contributed by atoms with E-state index < -0.39 is 5.97 Å². The van der Waals surface area contributed by atoms with Crippen LogP contribution in [0.2, 0.25) is 0 Å². The second-order valence-corrected chi connectivity index (χ2v) is 3.27. The number of carbonyl (C=O) groups is 1. The second-order valence-electron chi connectivity index (χ2n) is 3.27. The summed E-state index contributed by atoms with van der Waals surface area (Å²) in [6.07, 6.45) is 3.17. The van der Waals surface area contributed by atoms with Gasteiger partial charge in [-0.2, -0.15) is 0 Å². The Hall–Kier alpha value is -2.36. The number of pyridine rings is 1. The Morgan fingerprint density at radius 3 is 2.44 bits per heavy atom.